The number of hydrogen-bond donors (Lipinski definition) is 1. The number of fused-ring (bicyclic) bond motifs is 1. The normalized spacial score (nSPS) is 17.6. The van der Waals surface area contributed by atoms with Crippen LogP contribution in [0.25, 0.3) is 11.6 Å². The van der Waals surface area contributed by atoms with Gasteiger partial charge >= 0.3 is 5.97 Å². The van der Waals surface area contributed by atoms with Crippen LogP contribution in [0.5, 0.6) is 5.75 Å². The number of carboxylic acid groups (broad SMARTS) is 1. The van der Waals surface area contributed by atoms with Crippen molar-refractivity contribution in [3.63, 3.8) is 0 Å². The average Bonchev–Trinajstić information content (AvgIpc) is 2.65. The van der Waals surface area contributed by atoms with E-state index in [4.69, 9.17) is 9.84 Å². The molecule has 3 nitrogen and oxygen atoms in total. The van der Waals surface area contributed by atoms with Crippen LogP contribution in [-0.4, -0.2) is 18.2 Å². The summed E-state index contributed by atoms with van der Waals surface area (Å²) in [6.07, 6.45) is 4.39. The van der Waals surface area contributed by atoms with Gasteiger partial charge < -0.3 is 9.84 Å². The Morgan fingerprint density at radius 2 is 1.59 bits per heavy atom. The maximum Gasteiger partial charge on any atom is 0.335 e. The van der Waals surface area contributed by atoms with Gasteiger partial charge in [0.2, 0.25) is 0 Å². The third-order valence-electron chi connectivity index (χ3n) is 6.38. The van der Waals surface area contributed by atoms with Crippen molar-refractivity contribution in [2.24, 2.45) is 0 Å². The van der Waals surface area contributed by atoms with Crippen molar-refractivity contribution in [3.05, 3.63) is 63.7 Å². The number of carboxylic acids is 1. The molecule has 1 N–H and O–H groups in total. The Balaban J connectivity index is 2.18. The van der Waals surface area contributed by atoms with Gasteiger partial charge in [-0.25, -0.2) is 4.79 Å². The molecular formula is C26H32O3. The summed E-state index contributed by atoms with van der Waals surface area (Å²) in [5.41, 5.74) is 7.74. The minimum atomic E-state index is -0.908. The molecule has 2 aromatic rings. The number of ether oxygens (including phenoxy) is 1. The lowest BCUT2D eigenvalue weighted by molar-refractivity contribution is 0.0697. The van der Waals surface area contributed by atoms with E-state index < -0.39 is 5.97 Å². The molecule has 3 rings (SSSR count). The summed E-state index contributed by atoms with van der Waals surface area (Å²) in [7, 11) is 1.76. The standard InChI is InChI=1S/C26H32O3/c1-16(14-18-8-10-19(11-9-18)24(27)28)20-15-17(2)21-22(23(20)29-7)26(5,6)13-12-25(21,3)4/h8-11,14-15H,12-13H2,1-7H3,(H,27,28)/b16-14+. The monoisotopic (exact) mass is 392 g/mol. The second-order valence-corrected chi connectivity index (χ2v) is 9.55. The van der Waals surface area contributed by atoms with E-state index in [-0.39, 0.29) is 10.8 Å². The molecule has 0 unspecified atom stereocenters. The zero-order valence-corrected chi connectivity index (χ0v) is 18.6. The van der Waals surface area contributed by atoms with Gasteiger partial charge in [-0.05, 0) is 78.0 Å². The molecule has 0 fully saturated rings. The third kappa shape index (κ3) is 3.83. The predicted molar refractivity (Wildman–Crippen MR) is 120 cm³/mol. The Hall–Kier alpha value is -2.55. The summed E-state index contributed by atoms with van der Waals surface area (Å²) in [4.78, 5) is 11.1. The second kappa shape index (κ2) is 7.37. The zero-order chi connectivity index (χ0) is 21.6. The summed E-state index contributed by atoms with van der Waals surface area (Å²) in [5, 5.41) is 9.11. The lowest BCUT2D eigenvalue weighted by Gasteiger charge is -2.44. The molecule has 0 aliphatic heterocycles. The van der Waals surface area contributed by atoms with Crippen LogP contribution in [0.4, 0.5) is 0 Å². The highest BCUT2D eigenvalue weighted by Gasteiger charge is 2.41. The van der Waals surface area contributed by atoms with Gasteiger partial charge in [0.05, 0.1) is 12.7 Å². The molecule has 0 heterocycles. The van der Waals surface area contributed by atoms with Crippen molar-refractivity contribution in [1.29, 1.82) is 0 Å². The molecule has 1 aliphatic carbocycles. The van der Waals surface area contributed by atoms with Crippen molar-refractivity contribution in [2.45, 2.75) is 65.2 Å². The molecule has 0 saturated heterocycles. The van der Waals surface area contributed by atoms with Gasteiger partial charge in [-0.3, -0.25) is 0 Å². The summed E-state index contributed by atoms with van der Waals surface area (Å²) in [6, 6.07) is 9.22. The highest BCUT2D eigenvalue weighted by Crippen LogP contribution is 2.52. The quantitative estimate of drug-likeness (QED) is 0.595. The molecular weight excluding hydrogens is 360 g/mol. The molecule has 1 aliphatic rings. The number of methoxy groups -OCH3 is 1. The Kier molecular flexibility index (Phi) is 5.38. The molecule has 2 aromatic carbocycles. The smallest absolute Gasteiger partial charge is 0.335 e. The molecule has 0 saturated carbocycles. The predicted octanol–water partition coefficient (Wildman–Crippen LogP) is 6.61. The van der Waals surface area contributed by atoms with E-state index in [1.54, 1.807) is 19.2 Å². The number of benzene rings is 2. The van der Waals surface area contributed by atoms with Crippen LogP contribution in [0, 0.1) is 6.92 Å². The number of aromatic carboxylic acids is 1. The fraction of sp³-hybridized carbons (Fsp3) is 0.423. The molecule has 0 amide bonds. The van der Waals surface area contributed by atoms with E-state index in [1.807, 2.05) is 12.1 Å². The Labute approximate surface area is 174 Å². The van der Waals surface area contributed by atoms with E-state index in [0.717, 1.165) is 28.9 Å². The summed E-state index contributed by atoms with van der Waals surface area (Å²) in [5.74, 6) is 0.0633. The first-order valence-corrected chi connectivity index (χ1v) is 10.2. The lowest BCUT2D eigenvalue weighted by atomic mass is 9.61. The van der Waals surface area contributed by atoms with Gasteiger partial charge in [0, 0.05) is 11.1 Å². The van der Waals surface area contributed by atoms with Crippen LogP contribution in [0.3, 0.4) is 0 Å². The third-order valence-corrected chi connectivity index (χ3v) is 6.38. The highest BCUT2D eigenvalue weighted by atomic mass is 16.5. The van der Waals surface area contributed by atoms with E-state index in [0.29, 0.717) is 5.56 Å². The van der Waals surface area contributed by atoms with Gasteiger partial charge in [-0.15, -0.1) is 0 Å². The number of aryl methyl sites for hydroxylation is 1. The van der Waals surface area contributed by atoms with Gasteiger partial charge in [-0.2, -0.15) is 0 Å². The first-order chi connectivity index (χ1) is 13.5. The van der Waals surface area contributed by atoms with Crippen LogP contribution in [0.1, 0.15) is 85.6 Å². The van der Waals surface area contributed by atoms with Crippen LogP contribution < -0.4 is 4.74 Å². The number of rotatable bonds is 4. The molecule has 0 radical (unpaired) electrons. The average molecular weight is 393 g/mol. The molecule has 3 heteroatoms. The fourth-order valence-corrected chi connectivity index (χ4v) is 4.75. The molecule has 0 atom stereocenters. The maximum atomic E-state index is 11.1. The Morgan fingerprint density at radius 1 is 1.03 bits per heavy atom. The maximum absolute atomic E-state index is 11.1. The molecule has 29 heavy (non-hydrogen) atoms. The minimum absolute atomic E-state index is 0.0559. The van der Waals surface area contributed by atoms with E-state index >= 15 is 0 Å². The van der Waals surface area contributed by atoms with Gasteiger partial charge in [0.25, 0.3) is 0 Å². The Bertz CT molecular complexity index is 976. The van der Waals surface area contributed by atoms with Crippen LogP contribution >= 0.6 is 0 Å². The van der Waals surface area contributed by atoms with Crippen molar-refractivity contribution >= 4 is 17.6 Å². The number of carbonyl (C=O) groups is 1. The summed E-state index contributed by atoms with van der Waals surface area (Å²) < 4.78 is 6.02. The van der Waals surface area contributed by atoms with Crippen molar-refractivity contribution in [3.8, 4) is 5.75 Å². The van der Waals surface area contributed by atoms with Crippen molar-refractivity contribution in [2.75, 3.05) is 7.11 Å². The lowest BCUT2D eigenvalue weighted by Crippen LogP contribution is -2.35. The van der Waals surface area contributed by atoms with Crippen LogP contribution in [-0.2, 0) is 10.8 Å². The number of allylic oxidation sites excluding steroid dienone is 1. The second-order valence-electron chi connectivity index (χ2n) is 9.55. The van der Waals surface area contributed by atoms with E-state index in [2.05, 4.69) is 53.7 Å². The van der Waals surface area contributed by atoms with Gasteiger partial charge in [-0.1, -0.05) is 45.9 Å². The summed E-state index contributed by atoms with van der Waals surface area (Å²) in [6.45, 7) is 13.6. The number of hydrogen-bond acceptors (Lipinski definition) is 2. The first-order valence-electron chi connectivity index (χ1n) is 10.2. The first kappa shape index (κ1) is 21.2. The van der Waals surface area contributed by atoms with Gasteiger partial charge in [0.1, 0.15) is 5.75 Å². The van der Waals surface area contributed by atoms with E-state index in [1.165, 1.54) is 23.1 Å². The molecule has 0 bridgehead atoms. The van der Waals surface area contributed by atoms with Crippen LogP contribution in [0.15, 0.2) is 30.3 Å². The van der Waals surface area contributed by atoms with Crippen molar-refractivity contribution in [1.82, 2.24) is 0 Å². The van der Waals surface area contributed by atoms with Crippen molar-refractivity contribution < 1.29 is 14.6 Å². The fourth-order valence-electron chi connectivity index (χ4n) is 4.75. The zero-order valence-electron chi connectivity index (χ0n) is 18.6. The topological polar surface area (TPSA) is 46.5 Å². The molecule has 0 spiro atoms. The van der Waals surface area contributed by atoms with Crippen LogP contribution in [0.2, 0.25) is 0 Å². The Morgan fingerprint density at radius 3 is 2.10 bits per heavy atom. The highest BCUT2D eigenvalue weighted by molar-refractivity contribution is 5.89. The van der Waals surface area contributed by atoms with Gasteiger partial charge in [0.15, 0.2) is 0 Å². The molecule has 0 aromatic heterocycles. The van der Waals surface area contributed by atoms with E-state index in [9.17, 15) is 4.79 Å². The molecule has 154 valence electrons. The minimum Gasteiger partial charge on any atom is -0.496 e. The summed E-state index contributed by atoms with van der Waals surface area (Å²) >= 11 is 0. The SMILES string of the molecule is COc1c(/C(C)=C/c2ccc(C(=O)O)cc2)cc(C)c2c1C(C)(C)CCC2(C)C. The largest absolute Gasteiger partial charge is 0.496 e.